The van der Waals surface area contributed by atoms with Crippen LogP contribution in [0.15, 0.2) is 53.1 Å². The fourth-order valence-electron chi connectivity index (χ4n) is 1.83. The van der Waals surface area contributed by atoms with E-state index in [1.807, 2.05) is 31.2 Å². The van der Waals surface area contributed by atoms with Crippen LogP contribution in [0.25, 0.3) is 10.9 Å². The summed E-state index contributed by atoms with van der Waals surface area (Å²) in [7, 11) is -5.01. The van der Waals surface area contributed by atoms with Crippen molar-refractivity contribution >= 4 is 40.3 Å². The van der Waals surface area contributed by atoms with Gasteiger partial charge in [0.1, 0.15) is 13.6 Å². The topological polar surface area (TPSA) is 114 Å². The van der Waals surface area contributed by atoms with Crippen molar-refractivity contribution in [3.8, 4) is 5.75 Å². The predicted molar refractivity (Wildman–Crippen MR) is 89.8 cm³/mol. The molecule has 1 aromatic heterocycles. The normalized spacial score (nSPS) is 11.0. The van der Waals surface area contributed by atoms with E-state index in [1.54, 1.807) is 18.2 Å². The number of benzene rings is 2. The molecule has 0 amide bonds. The first-order valence-electron chi connectivity index (χ1n) is 6.55. The monoisotopic (exact) mass is 396 g/mol. The number of hydrogen-bond acceptors (Lipinski definition) is 5. The Hall–Kier alpha value is -1.79. The zero-order chi connectivity index (χ0) is 17.0. The van der Waals surface area contributed by atoms with Crippen molar-refractivity contribution in [1.82, 2.24) is 4.98 Å². The van der Waals surface area contributed by atoms with Crippen molar-refractivity contribution < 1.29 is 18.9 Å². The summed E-state index contributed by atoms with van der Waals surface area (Å²) in [5, 5.41) is 0.538. The lowest BCUT2D eigenvalue weighted by Crippen LogP contribution is -2.18. The molecule has 3 aromatic rings. The zero-order valence-corrected chi connectivity index (χ0v) is 14.6. The molecule has 0 saturated heterocycles. The molecule has 3 rings (SSSR count). The van der Waals surface area contributed by atoms with Gasteiger partial charge in [0.25, 0.3) is 0 Å². The summed E-state index contributed by atoms with van der Waals surface area (Å²) in [6.07, 6.45) is 1.33. The maximum Gasteiger partial charge on any atom is 0.149 e. The highest BCUT2D eigenvalue weighted by atomic mass is 79.9. The summed E-state index contributed by atoms with van der Waals surface area (Å²) in [4.78, 5) is 23.7. The molecular weight excluding hydrogens is 383 g/mol. The number of aromatic amines is 1. The van der Waals surface area contributed by atoms with Crippen LogP contribution in [0, 0.1) is 6.92 Å². The molecule has 0 aliphatic heterocycles. The Morgan fingerprint density at radius 3 is 2.39 bits per heavy atom. The first kappa shape index (κ1) is 17.6. The minimum Gasteiger partial charge on any atom is -0.780 e. The Labute approximate surface area is 141 Å². The fourth-order valence-corrected chi connectivity index (χ4v) is 2.58. The number of H-pyrrole nitrogens is 1. The average molecular weight is 397 g/mol. The lowest BCUT2D eigenvalue weighted by molar-refractivity contribution is -0.333. The highest BCUT2D eigenvalue weighted by molar-refractivity contribution is 9.10. The van der Waals surface area contributed by atoms with Crippen LogP contribution in [-0.2, 0) is 4.57 Å². The number of nitrogen functional groups attached to an aromatic ring is 1. The van der Waals surface area contributed by atoms with E-state index in [0.29, 0.717) is 10.9 Å². The number of aromatic nitrogens is 1. The van der Waals surface area contributed by atoms with Gasteiger partial charge in [0.2, 0.25) is 0 Å². The maximum atomic E-state index is 10.5. The Balaban J connectivity index is 0.000000203. The van der Waals surface area contributed by atoms with Gasteiger partial charge in [0, 0.05) is 27.3 Å². The third kappa shape index (κ3) is 5.41. The molecule has 3 N–H and O–H groups in total. The van der Waals surface area contributed by atoms with E-state index in [-0.39, 0.29) is 5.75 Å². The van der Waals surface area contributed by atoms with E-state index in [4.69, 9.17) is 5.73 Å². The number of hydrogen-bond donors (Lipinski definition) is 2. The molecule has 0 unspecified atom stereocenters. The van der Waals surface area contributed by atoms with Gasteiger partial charge in [-0.15, -0.1) is 0 Å². The number of phosphoric ester groups is 1. The summed E-state index contributed by atoms with van der Waals surface area (Å²) in [6.45, 7) is 2.04. The second-order valence-corrected chi connectivity index (χ2v) is 6.78. The summed E-state index contributed by atoms with van der Waals surface area (Å²) in [5.41, 5.74) is 8.20. The van der Waals surface area contributed by atoms with Crippen LogP contribution in [0.5, 0.6) is 5.75 Å². The SMILES string of the molecule is Cc1ccc(N)cc1.O=P([O-])([O-])Oc1c[nH]c2ccc(Br)cc12. The van der Waals surface area contributed by atoms with Crippen LogP contribution in [0.3, 0.4) is 0 Å². The van der Waals surface area contributed by atoms with Gasteiger partial charge < -0.3 is 29.6 Å². The third-order valence-electron chi connectivity index (χ3n) is 2.89. The van der Waals surface area contributed by atoms with Crippen LogP contribution in [0.4, 0.5) is 5.69 Å². The van der Waals surface area contributed by atoms with Gasteiger partial charge in [0.05, 0.1) is 0 Å². The highest BCUT2D eigenvalue weighted by Gasteiger charge is 2.06. The van der Waals surface area contributed by atoms with E-state index in [0.717, 1.165) is 10.2 Å². The zero-order valence-electron chi connectivity index (χ0n) is 12.2. The van der Waals surface area contributed by atoms with Crippen molar-refractivity contribution in [1.29, 1.82) is 0 Å². The number of nitrogens with one attached hydrogen (secondary N) is 1. The molecular formula is C15H14BrN2O4P-2. The van der Waals surface area contributed by atoms with E-state index >= 15 is 0 Å². The van der Waals surface area contributed by atoms with Crippen LogP contribution in [-0.4, -0.2) is 4.98 Å². The largest absolute Gasteiger partial charge is 0.780 e. The molecule has 122 valence electrons. The first-order valence-corrected chi connectivity index (χ1v) is 8.80. The number of anilines is 1. The van der Waals surface area contributed by atoms with Crippen molar-refractivity contribution in [2.75, 3.05) is 5.73 Å². The number of nitrogens with two attached hydrogens (primary N) is 1. The fraction of sp³-hybridized carbons (Fsp3) is 0.0667. The van der Waals surface area contributed by atoms with E-state index < -0.39 is 7.82 Å². The van der Waals surface area contributed by atoms with E-state index in [2.05, 4.69) is 25.4 Å². The molecule has 8 heteroatoms. The Morgan fingerprint density at radius 2 is 1.83 bits per heavy atom. The molecule has 0 atom stereocenters. The van der Waals surface area contributed by atoms with E-state index in [9.17, 15) is 14.4 Å². The van der Waals surface area contributed by atoms with Crippen molar-refractivity contribution in [2.45, 2.75) is 6.92 Å². The van der Waals surface area contributed by atoms with Crippen LogP contribution < -0.4 is 20.0 Å². The molecule has 0 aliphatic rings. The lowest BCUT2D eigenvalue weighted by atomic mass is 10.2. The molecule has 0 fully saturated rings. The number of aryl methyl sites for hydroxylation is 1. The second-order valence-electron chi connectivity index (χ2n) is 4.79. The third-order valence-corrected chi connectivity index (χ3v) is 3.81. The predicted octanol–water partition coefficient (Wildman–Crippen LogP) is 2.72. The molecule has 23 heavy (non-hydrogen) atoms. The summed E-state index contributed by atoms with van der Waals surface area (Å²) in [5.74, 6) is 0.0135. The van der Waals surface area contributed by atoms with Gasteiger partial charge in [-0.05, 0) is 37.3 Å². The maximum absolute atomic E-state index is 10.5. The van der Waals surface area contributed by atoms with Crippen LogP contribution in [0.1, 0.15) is 5.56 Å². The summed E-state index contributed by atoms with van der Waals surface area (Å²) < 4.78 is 15.5. The van der Waals surface area contributed by atoms with E-state index in [1.165, 1.54) is 11.8 Å². The summed E-state index contributed by atoms with van der Waals surface area (Å²) >= 11 is 3.24. The van der Waals surface area contributed by atoms with Crippen LogP contribution >= 0.6 is 23.8 Å². The van der Waals surface area contributed by atoms with Gasteiger partial charge in [-0.1, -0.05) is 33.6 Å². The molecule has 0 radical (unpaired) electrons. The molecule has 0 spiro atoms. The Morgan fingerprint density at radius 1 is 1.17 bits per heavy atom. The second kappa shape index (κ2) is 7.19. The number of fused-ring (bicyclic) bond motifs is 1. The standard InChI is InChI=1S/C8H7BrNO4P.C7H9N/c9-5-1-2-7-6(3-5)8(4-10-7)14-15(11,12)13;1-6-2-4-7(8)5-3-6/h1-4,10H,(H2,11,12,13);2-5H,8H2,1H3/p-2. The van der Waals surface area contributed by atoms with Gasteiger partial charge in [-0.3, -0.25) is 0 Å². The molecule has 1 heterocycles. The number of rotatable bonds is 2. The summed E-state index contributed by atoms with van der Waals surface area (Å²) in [6, 6.07) is 13.0. The minimum atomic E-state index is -5.01. The average Bonchev–Trinajstić information content (AvgIpc) is 2.83. The quantitative estimate of drug-likeness (QED) is 0.510. The first-order chi connectivity index (χ1) is 10.7. The number of halogens is 1. The molecule has 2 aromatic carbocycles. The highest BCUT2D eigenvalue weighted by Crippen LogP contribution is 2.35. The van der Waals surface area contributed by atoms with Gasteiger partial charge in [-0.25, -0.2) is 0 Å². The van der Waals surface area contributed by atoms with Gasteiger partial charge in [-0.2, -0.15) is 0 Å². The minimum absolute atomic E-state index is 0.0135. The smallest absolute Gasteiger partial charge is 0.149 e. The molecule has 0 bridgehead atoms. The Bertz CT molecular complexity index is 821. The van der Waals surface area contributed by atoms with Gasteiger partial charge in [0.15, 0.2) is 0 Å². The van der Waals surface area contributed by atoms with Gasteiger partial charge >= 0.3 is 0 Å². The molecule has 0 aliphatic carbocycles. The Kier molecular flexibility index (Phi) is 5.49. The van der Waals surface area contributed by atoms with Crippen LogP contribution in [0.2, 0.25) is 0 Å². The number of phosphoric acid groups is 1. The lowest BCUT2D eigenvalue weighted by Gasteiger charge is -2.28. The van der Waals surface area contributed by atoms with Crippen molar-refractivity contribution in [3.05, 3.63) is 58.7 Å². The molecule has 6 nitrogen and oxygen atoms in total. The van der Waals surface area contributed by atoms with Crippen molar-refractivity contribution in [2.24, 2.45) is 0 Å². The molecule has 0 saturated carbocycles. The van der Waals surface area contributed by atoms with Crippen molar-refractivity contribution in [3.63, 3.8) is 0 Å².